The quantitative estimate of drug-likeness (QED) is 0.664. The summed E-state index contributed by atoms with van der Waals surface area (Å²) < 4.78 is 34.5. The molecule has 3 rings (SSSR count). The van der Waals surface area contributed by atoms with Crippen LogP contribution >= 0.6 is 0 Å². The predicted molar refractivity (Wildman–Crippen MR) is 93.8 cm³/mol. The molecule has 0 amide bonds. The molecule has 0 fully saturated rings. The molecule has 27 heavy (non-hydrogen) atoms. The van der Waals surface area contributed by atoms with Gasteiger partial charge in [0.1, 0.15) is 11.2 Å². The number of imidazole rings is 1. The highest BCUT2D eigenvalue weighted by Crippen LogP contribution is 2.33. The number of ether oxygens (including phenoxy) is 2. The van der Waals surface area contributed by atoms with Crippen LogP contribution in [0.15, 0.2) is 42.5 Å². The van der Waals surface area contributed by atoms with Gasteiger partial charge in [0.05, 0.1) is 30.8 Å². The summed E-state index contributed by atoms with van der Waals surface area (Å²) in [6.45, 7) is -3.45. The molecule has 2 aromatic carbocycles. The molecular formula is C19H17F2N3O3. The number of hydrogen-bond acceptors (Lipinski definition) is 5. The number of aliphatic hydroxyl groups is 1. The lowest BCUT2D eigenvalue weighted by atomic mass is 9.83. The Bertz CT molecular complexity index is 951. The molecule has 0 aliphatic heterocycles. The highest BCUT2D eigenvalue weighted by atomic mass is 19.3. The van der Waals surface area contributed by atoms with Gasteiger partial charge in [-0.25, -0.2) is 4.98 Å². The van der Waals surface area contributed by atoms with Crippen molar-refractivity contribution < 1.29 is 23.4 Å². The number of nitrogens with zero attached hydrogens (tertiary/aromatic N) is 2. The molecule has 0 radical (unpaired) electrons. The maximum atomic E-state index is 12.5. The second kappa shape index (κ2) is 7.60. The first kappa shape index (κ1) is 18.6. The molecule has 0 bridgehead atoms. The maximum Gasteiger partial charge on any atom is 0.387 e. The number of rotatable bonds is 7. The monoisotopic (exact) mass is 373 g/mol. The van der Waals surface area contributed by atoms with Gasteiger partial charge in [0, 0.05) is 6.42 Å². The summed E-state index contributed by atoms with van der Waals surface area (Å²) in [6.07, 6.45) is 0.102. The Morgan fingerprint density at radius 3 is 2.67 bits per heavy atom. The van der Waals surface area contributed by atoms with Crippen molar-refractivity contribution in [3.05, 3.63) is 53.9 Å². The summed E-state index contributed by atoms with van der Waals surface area (Å²) in [5.41, 5.74) is 0.706. The second-order valence-corrected chi connectivity index (χ2v) is 6.00. The second-order valence-electron chi connectivity index (χ2n) is 6.00. The highest BCUT2D eigenvalue weighted by Gasteiger charge is 2.36. The van der Waals surface area contributed by atoms with Crippen molar-refractivity contribution in [1.82, 2.24) is 9.97 Å². The SMILES string of the molecule is COc1cc(C[C@@](C#N)(CO)c2nc3ccccc3[nH]2)ccc1OC(F)F. The summed E-state index contributed by atoms with van der Waals surface area (Å²) >= 11 is 0. The van der Waals surface area contributed by atoms with Crippen molar-refractivity contribution in [2.45, 2.75) is 18.4 Å². The minimum absolute atomic E-state index is 0.102. The fraction of sp³-hybridized carbons (Fsp3) is 0.263. The van der Waals surface area contributed by atoms with Gasteiger partial charge >= 0.3 is 6.61 Å². The Hall–Kier alpha value is -3.18. The first-order valence-electron chi connectivity index (χ1n) is 8.10. The summed E-state index contributed by atoms with van der Waals surface area (Å²) in [6, 6.07) is 13.8. The van der Waals surface area contributed by atoms with E-state index >= 15 is 0 Å². The number of fused-ring (bicyclic) bond motifs is 1. The molecule has 0 saturated heterocycles. The van der Waals surface area contributed by atoms with E-state index in [9.17, 15) is 19.1 Å². The van der Waals surface area contributed by atoms with Crippen LogP contribution < -0.4 is 9.47 Å². The van der Waals surface area contributed by atoms with Crippen LogP contribution in [0.5, 0.6) is 11.5 Å². The third kappa shape index (κ3) is 3.68. The molecule has 3 aromatic rings. The third-order valence-electron chi connectivity index (χ3n) is 4.28. The van der Waals surface area contributed by atoms with Gasteiger partial charge in [0.2, 0.25) is 0 Å². The Labute approximate surface area is 154 Å². The van der Waals surface area contributed by atoms with Crippen LogP contribution in [-0.2, 0) is 11.8 Å². The van der Waals surface area contributed by atoms with E-state index in [2.05, 4.69) is 20.8 Å². The molecule has 0 unspecified atom stereocenters. The van der Waals surface area contributed by atoms with Gasteiger partial charge in [-0.15, -0.1) is 0 Å². The number of nitrogens with one attached hydrogen (secondary N) is 1. The van der Waals surface area contributed by atoms with E-state index < -0.39 is 18.6 Å². The molecule has 0 saturated carbocycles. The number of aliphatic hydroxyl groups excluding tert-OH is 1. The smallest absolute Gasteiger partial charge is 0.387 e. The fourth-order valence-corrected chi connectivity index (χ4v) is 2.89. The molecule has 8 heteroatoms. The lowest BCUT2D eigenvalue weighted by Crippen LogP contribution is -2.33. The largest absolute Gasteiger partial charge is 0.493 e. The molecule has 140 valence electrons. The standard InChI is InChI=1S/C19H17F2N3O3/c1-26-16-8-12(6-7-15(16)27-18(20)21)9-19(10-22,11-25)17-23-13-4-2-3-5-14(13)24-17/h2-8,18,25H,9,11H2,1H3,(H,23,24)/t19-/m1/s1. The van der Waals surface area contributed by atoms with Crippen molar-refractivity contribution in [3.63, 3.8) is 0 Å². The molecule has 1 heterocycles. The van der Waals surface area contributed by atoms with Crippen molar-refractivity contribution in [2.24, 2.45) is 0 Å². The zero-order valence-electron chi connectivity index (χ0n) is 14.4. The number of aromatic nitrogens is 2. The van der Waals surface area contributed by atoms with E-state index in [1.54, 1.807) is 12.1 Å². The van der Waals surface area contributed by atoms with E-state index in [-0.39, 0.29) is 17.9 Å². The first-order chi connectivity index (χ1) is 13.0. The number of halogens is 2. The van der Waals surface area contributed by atoms with Gasteiger partial charge < -0.3 is 19.6 Å². The van der Waals surface area contributed by atoms with Crippen molar-refractivity contribution in [1.29, 1.82) is 5.26 Å². The van der Waals surface area contributed by atoms with Crippen LogP contribution in [0.4, 0.5) is 8.78 Å². The van der Waals surface area contributed by atoms with Crippen molar-refractivity contribution in [3.8, 4) is 17.6 Å². The number of aromatic amines is 1. The molecule has 0 spiro atoms. The number of H-pyrrole nitrogens is 1. The number of para-hydroxylation sites is 2. The molecule has 1 aromatic heterocycles. The van der Waals surface area contributed by atoms with Crippen LogP contribution in [0, 0.1) is 11.3 Å². The molecule has 1 atom stereocenters. The highest BCUT2D eigenvalue weighted by molar-refractivity contribution is 5.75. The zero-order valence-corrected chi connectivity index (χ0v) is 14.4. The summed E-state index contributed by atoms with van der Waals surface area (Å²) in [7, 11) is 1.33. The molecule has 2 N–H and O–H groups in total. The van der Waals surface area contributed by atoms with E-state index in [0.717, 1.165) is 5.52 Å². The predicted octanol–water partition coefficient (Wildman–Crippen LogP) is 3.17. The van der Waals surface area contributed by atoms with E-state index in [4.69, 9.17) is 4.74 Å². The van der Waals surface area contributed by atoms with E-state index in [0.29, 0.717) is 16.9 Å². The van der Waals surface area contributed by atoms with Crippen molar-refractivity contribution in [2.75, 3.05) is 13.7 Å². The van der Waals surface area contributed by atoms with Crippen LogP contribution in [0.3, 0.4) is 0 Å². The molecule has 0 aliphatic rings. The molecule has 6 nitrogen and oxygen atoms in total. The number of nitriles is 1. The fourth-order valence-electron chi connectivity index (χ4n) is 2.89. The van der Waals surface area contributed by atoms with Gasteiger partial charge in [-0.2, -0.15) is 14.0 Å². The summed E-state index contributed by atoms with van der Waals surface area (Å²) in [5.74, 6) is 0.342. The number of alkyl halides is 2. The van der Waals surface area contributed by atoms with Gasteiger partial charge in [-0.05, 0) is 29.8 Å². The summed E-state index contributed by atoms with van der Waals surface area (Å²) in [5, 5.41) is 19.8. The van der Waals surface area contributed by atoms with Crippen LogP contribution in [0.2, 0.25) is 0 Å². The molecule has 0 aliphatic carbocycles. The van der Waals surface area contributed by atoms with Gasteiger partial charge in [0.15, 0.2) is 11.5 Å². The lowest BCUT2D eigenvalue weighted by Gasteiger charge is -2.22. The van der Waals surface area contributed by atoms with E-state index in [1.807, 2.05) is 18.2 Å². The van der Waals surface area contributed by atoms with Crippen molar-refractivity contribution >= 4 is 11.0 Å². The van der Waals surface area contributed by atoms with Gasteiger partial charge in [-0.1, -0.05) is 18.2 Å². The Balaban J connectivity index is 1.97. The Morgan fingerprint density at radius 2 is 2.04 bits per heavy atom. The first-order valence-corrected chi connectivity index (χ1v) is 8.10. The van der Waals surface area contributed by atoms with Crippen LogP contribution in [0.25, 0.3) is 11.0 Å². The normalized spacial score (nSPS) is 13.3. The molecular weight excluding hydrogens is 356 g/mol. The maximum absolute atomic E-state index is 12.5. The van der Waals surface area contributed by atoms with Gasteiger partial charge in [-0.3, -0.25) is 0 Å². The lowest BCUT2D eigenvalue weighted by molar-refractivity contribution is -0.0512. The Morgan fingerprint density at radius 1 is 1.26 bits per heavy atom. The minimum Gasteiger partial charge on any atom is -0.493 e. The third-order valence-corrected chi connectivity index (χ3v) is 4.28. The van der Waals surface area contributed by atoms with E-state index in [1.165, 1.54) is 19.2 Å². The Kier molecular flexibility index (Phi) is 5.23. The number of benzene rings is 2. The summed E-state index contributed by atoms with van der Waals surface area (Å²) in [4.78, 5) is 7.51. The minimum atomic E-state index is -2.98. The number of methoxy groups -OCH3 is 1. The average molecular weight is 373 g/mol. The topological polar surface area (TPSA) is 91.2 Å². The van der Waals surface area contributed by atoms with Crippen LogP contribution in [-0.4, -0.2) is 35.4 Å². The zero-order chi connectivity index (χ0) is 19.4. The average Bonchev–Trinajstić information content (AvgIpc) is 3.11. The number of hydrogen-bond donors (Lipinski definition) is 2. The van der Waals surface area contributed by atoms with Crippen LogP contribution in [0.1, 0.15) is 11.4 Å². The van der Waals surface area contributed by atoms with Gasteiger partial charge in [0.25, 0.3) is 0 Å².